The second-order valence-corrected chi connectivity index (χ2v) is 6.99. The third-order valence-corrected chi connectivity index (χ3v) is 4.46. The minimum Gasteiger partial charge on any atom is -0.354 e. The van der Waals surface area contributed by atoms with Crippen LogP contribution in [0, 0.1) is 5.92 Å². The number of carbonyl (C=O) groups is 1. The van der Waals surface area contributed by atoms with Crippen LogP contribution in [0.25, 0.3) is 0 Å². The molecule has 8 nitrogen and oxygen atoms in total. The van der Waals surface area contributed by atoms with Crippen molar-refractivity contribution >= 4 is 5.91 Å². The van der Waals surface area contributed by atoms with Crippen LogP contribution in [0.3, 0.4) is 0 Å². The highest BCUT2D eigenvalue weighted by atomic mass is 16.1. The van der Waals surface area contributed by atoms with Crippen molar-refractivity contribution in [3.63, 3.8) is 0 Å². The minimum absolute atomic E-state index is 0.0985. The maximum absolute atomic E-state index is 12.7. The lowest BCUT2D eigenvalue weighted by Crippen LogP contribution is -2.41. The van der Waals surface area contributed by atoms with Crippen LogP contribution in [0.4, 0.5) is 0 Å². The Morgan fingerprint density at radius 3 is 2.92 bits per heavy atom. The molecule has 1 N–H and O–H groups in total. The monoisotopic (exact) mass is 345 g/mol. The lowest BCUT2D eigenvalue weighted by atomic mass is 10.1. The molecule has 8 heteroatoms. The van der Waals surface area contributed by atoms with Gasteiger partial charge in [-0.1, -0.05) is 0 Å². The fourth-order valence-corrected chi connectivity index (χ4v) is 3.18. The molecule has 0 aliphatic carbocycles. The van der Waals surface area contributed by atoms with Crippen LogP contribution >= 0.6 is 0 Å². The number of hydrogen-bond donors (Lipinski definition) is 1. The molecule has 1 aliphatic rings. The van der Waals surface area contributed by atoms with Crippen LogP contribution in [0.5, 0.6) is 0 Å². The van der Waals surface area contributed by atoms with Gasteiger partial charge in [0.05, 0.1) is 24.4 Å². The van der Waals surface area contributed by atoms with Crippen LogP contribution in [-0.2, 0) is 31.5 Å². The Bertz CT molecular complexity index is 705. The van der Waals surface area contributed by atoms with E-state index in [1.54, 1.807) is 0 Å². The van der Waals surface area contributed by atoms with Gasteiger partial charge < -0.3 is 10.2 Å². The predicted molar refractivity (Wildman–Crippen MR) is 94.6 cm³/mol. The quantitative estimate of drug-likeness (QED) is 0.793. The van der Waals surface area contributed by atoms with Gasteiger partial charge in [0, 0.05) is 57.7 Å². The fraction of sp³-hybridized carbons (Fsp3) is 0.588. The molecule has 1 aliphatic heterocycles. The molecule has 0 aromatic carbocycles. The third kappa shape index (κ3) is 4.67. The first kappa shape index (κ1) is 17.6. The van der Waals surface area contributed by atoms with E-state index in [2.05, 4.69) is 25.3 Å². The Balaban J connectivity index is 1.69. The number of amides is 1. The van der Waals surface area contributed by atoms with E-state index in [-0.39, 0.29) is 11.8 Å². The van der Waals surface area contributed by atoms with Gasteiger partial charge in [0.1, 0.15) is 0 Å². The number of aromatic nitrogens is 4. The predicted octanol–water partition coefficient (Wildman–Crippen LogP) is -0.0736. The van der Waals surface area contributed by atoms with Crippen molar-refractivity contribution in [1.29, 1.82) is 0 Å². The SMILES string of the molecule is CN(C)CCNC(=O)[C@@H]1CN(Cc2cnn(C)c2)Cc2ccnn2C1. The second kappa shape index (κ2) is 7.79. The lowest BCUT2D eigenvalue weighted by molar-refractivity contribution is -0.126. The van der Waals surface area contributed by atoms with Gasteiger partial charge in [-0.25, -0.2) is 0 Å². The molecule has 0 spiro atoms. The van der Waals surface area contributed by atoms with Crippen LogP contribution in [0.15, 0.2) is 24.7 Å². The highest BCUT2D eigenvalue weighted by molar-refractivity contribution is 5.78. The Morgan fingerprint density at radius 2 is 2.20 bits per heavy atom. The molecule has 0 radical (unpaired) electrons. The zero-order valence-electron chi connectivity index (χ0n) is 15.2. The zero-order valence-corrected chi connectivity index (χ0v) is 15.2. The van der Waals surface area contributed by atoms with Crippen molar-refractivity contribution in [2.45, 2.75) is 19.6 Å². The van der Waals surface area contributed by atoms with Crippen LogP contribution in [0.2, 0.25) is 0 Å². The molecule has 0 unspecified atom stereocenters. The summed E-state index contributed by atoms with van der Waals surface area (Å²) in [7, 11) is 5.93. The molecule has 0 bridgehead atoms. The molecule has 25 heavy (non-hydrogen) atoms. The zero-order chi connectivity index (χ0) is 17.8. The molecular formula is C17H27N7O. The van der Waals surface area contributed by atoms with Crippen molar-refractivity contribution in [3.8, 4) is 0 Å². The van der Waals surface area contributed by atoms with Gasteiger partial charge in [0.2, 0.25) is 5.91 Å². The van der Waals surface area contributed by atoms with Crippen LogP contribution < -0.4 is 5.32 Å². The second-order valence-electron chi connectivity index (χ2n) is 6.99. The van der Waals surface area contributed by atoms with Gasteiger partial charge in [-0.3, -0.25) is 19.1 Å². The molecular weight excluding hydrogens is 318 g/mol. The van der Waals surface area contributed by atoms with Crippen molar-refractivity contribution in [2.75, 3.05) is 33.7 Å². The summed E-state index contributed by atoms with van der Waals surface area (Å²) in [5.41, 5.74) is 2.30. The van der Waals surface area contributed by atoms with Crippen LogP contribution in [0.1, 0.15) is 11.3 Å². The average molecular weight is 345 g/mol. The summed E-state index contributed by atoms with van der Waals surface area (Å²) in [6, 6.07) is 2.03. The molecule has 1 atom stereocenters. The van der Waals surface area contributed by atoms with Crippen molar-refractivity contribution in [1.82, 2.24) is 34.7 Å². The number of aryl methyl sites for hydroxylation is 1. The maximum Gasteiger partial charge on any atom is 0.226 e. The number of rotatable bonds is 6. The van der Waals surface area contributed by atoms with Crippen LogP contribution in [-0.4, -0.2) is 69.0 Å². The molecule has 2 aromatic rings. The Hall–Kier alpha value is -2.19. The minimum atomic E-state index is -0.111. The maximum atomic E-state index is 12.7. The van der Waals surface area contributed by atoms with E-state index in [0.717, 1.165) is 30.9 Å². The van der Waals surface area contributed by atoms with Gasteiger partial charge in [0.15, 0.2) is 0 Å². The molecule has 3 rings (SSSR count). The Morgan fingerprint density at radius 1 is 1.36 bits per heavy atom. The fourth-order valence-electron chi connectivity index (χ4n) is 3.18. The summed E-state index contributed by atoms with van der Waals surface area (Å²) in [5, 5.41) is 11.7. The summed E-state index contributed by atoms with van der Waals surface area (Å²) >= 11 is 0. The molecule has 0 saturated heterocycles. The number of likely N-dealkylation sites (N-methyl/N-ethyl adjacent to an activating group) is 1. The van der Waals surface area contributed by atoms with E-state index in [4.69, 9.17) is 0 Å². The van der Waals surface area contributed by atoms with Gasteiger partial charge in [-0.2, -0.15) is 10.2 Å². The van der Waals surface area contributed by atoms with E-state index < -0.39 is 0 Å². The van der Waals surface area contributed by atoms with E-state index in [0.29, 0.717) is 19.6 Å². The number of nitrogens with one attached hydrogen (secondary N) is 1. The van der Waals surface area contributed by atoms with Gasteiger partial charge in [-0.05, 0) is 20.2 Å². The summed E-state index contributed by atoms with van der Waals surface area (Å²) in [6.07, 6.45) is 5.71. The van der Waals surface area contributed by atoms with E-state index >= 15 is 0 Å². The van der Waals surface area contributed by atoms with Gasteiger partial charge in [-0.15, -0.1) is 0 Å². The summed E-state index contributed by atoms with van der Waals surface area (Å²) in [4.78, 5) is 17.0. The van der Waals surface area contributed by atoms with Gasteiger partial charge in [0.25, 0.3) is 0 Å². The van der Waals surface area contributed by atoms with E-state index in [9.17, 15) is 4.79 Å². The standard InChI is InChI=1S/C17H27N7O/c1-21(2)7-6-18-17(25)15-11-23(10-14-8-20-22(3)9-14)13-16-4-5-19-24(16)12-15/h4-5,8-9,15H,6-7,10-13H2,1-3H3,(H,18,25)/t15-/m1/s1. The van der Waals surface area contributed by atoms with E-state index in [1.165, 1.54) is 0 Å². The molecule has 136 valence electrons. The highest BCUT2D eigenvalue weighted by Gasteiger charge is 2.27. The topological polar surface area (TPSA) is 71.2 Å². The molecule has 1 amide bonds. The largest absolute Gasteiger partial charge is 0.354 e. The number of fused-ring (bicyclic) bond motifs is 1. The Labute approximate surface area is 148 Å². The van der Waals surface area contributed by atoms with E-state index in [1.807, 2.05) is 55.2 Å². The normalized spacial score (nSPS) is 18.2. The smallest absolute Gasteiger partial charge is 0.226 e. The first-order valence-corrected chi connectivity index (χ1v) is 8.64. The highest BCUT2D eigenvalue weighted by Crippen LogP contribution is 2.18. The first-order chi connectivity index (χ1) is 12.0. The molecule has 0 fully saturated rings. The average Bonchev–Trinajstić information content (AvgIpc) is 3.11. The van der Waals surface area contributed by atoms with Crippen molar-refractivity contribution < 1.29 is 4.79 Å². The summed E-state index contributed by atoms with van der Waals surface area (Å²) < 4.78 is 3.77. The number of nitrogens with zero attached hydrogens (tertiary/aromatic N) is 6. The Kier molecular flexibility index (Phi) is 5.50. The van der Waals surface area contributed by atoms with Crippen molar-refractivity contribution in [3.05, 3.63) is 35.9 Å². The molecule has 0 saturated carbocycles. The van der Waals surface area contributed by atoms with Crippen molar-refractivity contribution in [2.24, 2.45) is 13.0 Å². The number of hydrogen-bond acceptors (Lipinski definition) is 5. The number of carbonyl (C=O) groups excluding carboxylic acids is 1. The molecule has 2 aromatic heterocycles. The lowest BCUT2D eigenvalue weighted by Gasteiger charge is -2.23. The summed E-state index contributed by atoms with van der Waals surface area (Å²) in [6.45, 7) is 4.41. The molecule has 3 heterocycles. The third-order valence-electron chi connectivity index (χ3n) is 4.46. The summed E-state index contributed by atoms with van der Waals surface area (Å²) in [5.74, 6) is -0.0126. The van der Waals surface area contributed by atoms with Gasteiger partial charge >= 0.3 is 0 Å². The first-order valence-electron chi connectivity index (χ1n) is 8.64.